The Kier molecular flexibility index (Phi) is 13.8. The maximum atomic E-state index is 12.9. The number of unbranched alkanes of at least 4 members (excludes halogenated alkanes) is 9. The second kappa shape index (κ2) is 13.9. The van der Waals surface area contributed by atoms with Crippen molar-refractivity contribution >= 4 is 0 Å². The largest absolute Gasteiger partial charge is 0.633 e. The van der Waals surface area contributed by atoms with Gasteiger partial charge in [0.2, 0.25) is 0 Å². The van der Waals surface area contributed by atoms with Gasteiger partial charge < -0.3 is 9.85 Å². The number of quaternary nitrogens is 1. The summed E-state index contributed by atoms with van der Waals surface area (Å²) in [4.78, 5) is 0. The Bertz CT molecular complexity index is 163. The predicted molar refractivity (Wildman–Crippen MR) is 90.7 cm³/mol. The topological polar surface area (TPSA) is 23.1 Å². The highest BCUT2D eigenvalue weighted by atomic mass is 16.5. The van der Waals surface area contributed by atoms with E-state index in [1.165, 1.54) is 57.8 Å². The maximum absolute atomic E-state index is 12.9. The van der Waals surface area contributed by atoms with Gasteiger partial charge in [-0.1, -0.05) is 59.3 Å². The number of hydrogen-bond donors (Lipinski definition) is 0. The van der Waals surface area contributed by atoms with E-state index in [9.17, 15) is 5.21 Å². The van der Waals surface area contributed by atoms with Gasteiger partial charge in [-0.15, -0.1) is 0 Å². The molecule has 0 radical (unpaired) electrons. The van der Waals surface area contributed by atoms with Gasteiger partial charge in [-0.25, -0.2) is 0 Å². The van der Waals surface area contributed by atoms with E-state index in [0.717, 1.165) is 38.9 Å². The van der Waals surface area contributed by atoms with Gasteiger partial charge in [-0.3, -0.25) is 0 Å². The number of hydrogen-bond acceptors (Lipinski definition) is 1. The lowest BCUT2D eigenvalue weighted by atomic mass is 10.1. The van der Waals surface area contributed by atoms with Crippen LogP contribution >= 0.6 is 0 Å². The molecule has 0 heterocycles. The highest BCUT2D eigenvalue weighted by Gasteiger charge is 2.15. The van der Waals surface area contributed by atoms with Gasteiger partial charge in [-0.2, -0.15) is 0 Å². The van der Waals surface area contributed by atoms with E-state index in [0.29, 0.717) is 0 Å². The molecule has 0 saturated carbocycles. The monoisotopic (exact) mass is 285 g/mol. The van der Waals surface area contributed by atoms with Crippen LogP contribution in [0.3, 0.4) is 0 Å². The van der Waals surface area contributed by atoms with Crippen LogP contribution in [0.25, 0.3) is 0 Å². The van der Waals surface area contributed by atoms with E-state index < -0.39 is 0 Å². The minimum absolute atomic E-state index is 0.0944. The molecule has 0 atom stereocenters. The van der Waals surface area contributed by atoms with E-state index in [1.54, 1.807) is 0 Å². The molecule has 2 heteroatoms. The zero-order valence-electron chi connectivity index (χ0n) is 14.5. The van der Waals surface area contributed by atoms with Gasteiger partial charge >= 0.3 is 0 Å². The molecule has 0 unspecified atom stereocenters. The quantitative estimate of drug-likeness (QED) is 0.204. The fraction of sp³-hybridized carbons (Fsp3) is 1.00. The molecule has 0 fully saturated rings. The molecule has 0 aliphatic carbocycles. The lowest BCUT2D eigenvalue weighted by molar-refractivity contribution is -0.881. The fourth-order valence-electron chi connectivity index (χ4n) is 2.82. The summed E-state index contributed by atoms with van der Waals surface area (Å²) in [6.07, 6.45) is 14.7. The minimum Gasteiger partial charge on any atom is -0.633 e. The summed E-state index contributed by atoms with van der Waals surface area (Å²) in [5.74, 6) is 0. The highest BCUT2D eigenvalue weighted by molar-refractivity contribution is 4.51. The van der Waals surface area contributed by atoms with Crippen LogP contribution in [0.1, 0.15) is 97.8 Å². The fourth-order valence-corrected chi connectivity index (χ4v) is 2.82. The molecule has 0 N–H and O–H groups in total. The minimum atomic E-state index is 0.0944. The van der Waals surface area contributed by atoms with Gasteiger partial charge in [0.15, 0.2) is 0 Å². The van der Waals surface area contributed by atoms with Crippen molar-refractivity contribution in [1.29, 1.82) is 0 Å². The molecule has 0 aromatic heterocycles. The zero-order valence-corrected chi connectivity index (χ0v) is 14.5. The van der Waals surface area contributed by atoms with E-state index in [2.05, 4.69) is 20.8 Å². The van der Waals surface area contributed by atoms with E-state index in [1.807, 2.05) is 0 Å². The Morgan fingerprint density at radius 1 is 0.500 bits per heavy atom. The molecule has 0 saturated heterocycles. The van der Waals surface area contributed by atoms with E-state index >= 15 is 0 Å². The Morgan fingerprint density at radius 2 is 0.800 bits per heavy atom. The molecular weight excluding hydrogens is 246 g/mol. The second-order valence-electron chi connectivity index (χ2n) is 6.41. The SMILES string of the molecule is CCCCCC[N+]([O-])(CCCCCC)CCCCCC. The summed E-state index contributed by atoms with van der Waals surface area (Å²) in [6.45, 7) is 9.27. The van der Waals surface area contributed by atoms with Crippen molar-refractivity contribution in [2.24, 2.45) is 0 Å². The summed E-state index contributed by atoms with van der Waals surface area (Å²) >= 11 is 0. The number of hydroxylamine groups is 3. The molecule has 0 aliphatic heterocycles. The zero-order chi connectivity index (χ0) is 15.1. The van der Waals surface area contributed by atoms with Crippen LogP contribution < -0.4 is 0 Å². The summed E-state index contributed by atoms with van der Waals surface area (Å²) in [6, 6.07) is 0. The molecular formula is C18H39NO. The smallest absolute Gasteiger partial charge is 0.0783 e. The lowest BCUT2D eigenvalue weighted by Crippen LogP contribution is -2.44. The molecule has 20 heavy (non-hydrogen) atoms. The molecule has 0 aliphatic rings. The molecule has 0 spiro atoms. The number of rotatable bonds is 15. The van der Waals surface area contributed by atoms with Crippen molar-refractivity contribution in [3.63, 3.8) is 0 Å². The molecule has 0 amide bonds. The summed E-state index contributed by atoms with van der Waals surface area (Å²) < 4.78 is 0.0944. The van der Waals surface area contributed by atoms with Gasteiger partial charge in [0.05, 0.1) is 19.6 Å². The first-order valence-electron chi connectivity index (χ1n) is 9.25. The first-order valence-corrected chi connectivity index (χ1v) is 9.25. The molecule has 122 valence electrons. The Labute approximate surface area is 128 Å². The van der Waals surface area contributed by atoms with Crippen molar-refractivity contribution < 1.29 is 4.65 Å². The van der Waals surface area contributed by atoms with Gasteiger partial charge in [0, 0.05) is 0 Å². The molecule has 0 bridgehead atoms. The maximum Gasteiger partial charge on any atom is 0.0783 e. The Balaban J connectivity index is 3.98. The van der Waals surface area contributed by atoms with Crippen LogP contribution in [0.5, 0.6) is 0 Å². The van der Waals surface area contributed by atoms with Crippen molar-refractivity contribution in [2.75, 3.05) is 19.6 Å². The van der Waals surface area contributed by atoms with Gasteiger partial charge in [0.1, 0.15) is 0 Å². The van der Waals surface area contributed by atoms with Crippen LogP contribution in [-0.4, -0.2) is 24.3 Å². The van der Waals surface area contributed by atoms with E-state index in [-0.39, 0.29) is 4.65 Å². The van der Waals surface area contributed by atoms with Gasteiger partial charge in [-0.05, 0) is 38.5 Å². The lowest BCUT2D eigenvalue weighted by Gasteiger charge is -2.43. The second-order valence-corrected chi connectivity index (χ2v) is 6.41. The van der Waals surface area contributed by atoms with Crippen molar-refractivity contribution in [3.05, 3.63) is 5.21 Å². The third-order valence-electron chi connectivity index (χ3n) is 4.26. The van der Waals surface area contributed by atoms with Crippen LogP contribution in [0.4, 0.5) is 0 Å². The van der Waals surface area contributed by atoms with Crippen LogP contribution in [0.2, 0.25) is 0 Å². The third kappa shape index (κ3) is 11.7. The summed E-state index contributed by atoms with van der Waals surface area (Å²) in [7, 11) is 0. The standard InChI is InChI=1S/C18H39NO/c1-4-7-10-13-16-19(20,17-14-11-8-5-2)18-15-12-9-6-3/h4-18H2,1-3H3. The Morgan fingerprint density at radius 3 is 1.05 bits per heavy atom. The first kappa shape index (κ1) is 19.9. The average molecular weight is 286 g/mol. The van der Waals surface area contributed by atoms with Crippen LogP contribution in [0, 0.1) is 5.21 Å². The van der Waals surface area contributed by atoms with Crippen molar-refractivity contribution in [3.8, 4) is 0 Å². The Hall–Kier alpha value is -0.0800. The van der Waals surface area contributed by atoms with Crippen molar-refractivity contribution in [1.82, 2.24) is 0 Å². The average Bonchev–Trinajstić information content (AvgIpc) is 2.45. The van der Waals surface area contributed by atoms with Crippen LogP contribution in [0.15, 0.2) is 0 Å². The molecule has 0 rings (SSSR count). The summed E-state index contributed by atoms with van der Waals surface area (Å²) in [5.41, 5.74) is 0. The highest BCUT2D eigenvalue weighted by Crippen LogP contribution is 2.15. The van der Waals surface area contributed by atoms with Crippen molar-refractivity contribution in [2.45, 2.75) is 97.8 Å². The third-order valence-corrected chi connectivity index (χ3v) is 4.26. The number of nitrogens with zero attached hydrogens (tertiary/aromatic N) is 1. The molecule has 0 aromatic carbocycles. The first-order chi connectivity index (χ1) is 9.68. The molecule has 0 aromatic rings. The predicted octanol–water partition coefficient (Wildman–Crippen LogP) is 6.04. The summed E-state index contributed by atoms with van der Waals surface area (Å²) in [5, 5.41) is 12.9. The van der Waals surface area contributed by atoms with Gasteiger partial charge in [0.25, 0.3) is 0 Å². The molecule has 2 nitrogen and oxygen atoms in total. The van der Waals surface area contributed by atoms with E-state index in [4.69, 9.17) is 0 Å². The normalized spacial score (nSPS) is 12.0. The van der Waals surface area contributed by atoms with Crippen LogP contribution in [-0.2, 0) is 0 Å².